The molecule has 1 rings (SSSR count). The number of carbonyl (C=O) groups excluding carboxylic acids is 1. The van der Waals surface area contributed by atoms with Crippen LogP contribution in [0.4, 0.5) is 0 Å². The second kappa shape index (κ2) is 13.9. The van der Waals surface area contributed by atoms with Crippen LogP contribution in [0.25, 0.3) is 0 Å². The number of amides is 1. The molecule has 0 aliphatic carbocycles. The molecule has 0 saturated heterocycles. The predicted molar refractivity (Wildman–Crippen MR) is 106 cm³/mol. The fourth-order valence-electron chi connectivity index (χ4n) is 1.79. The average molecular weight is 368 g/mol. The molecule has 0 heterocycles. The van der Waals surface area contributed by atoms with Crippen LogP contribution in [-0.4, -0.2) is 25.4 Å². The maximum atomic E-state index is 9.84. The number of hydrogen-bond acceptors (Lipinski definition) is 3. The lowest BCUT2D eigenvalue weighted by molar-refractivity contribution is -0.107. The first-order valence-corrected chi connectivity index (χ1v) is 8.90. The van der Waals surface area contributed by atoms with Crippen molar-refractivity contribution in [2.45, 2.75) is 25.9 Å². The lowest BCUT2D eigenvalue weighted by Crippen LogP contribution is -2.14. The topological polar surface area (TPSA) is 38.3 Å². The van der Waals surface area contributed by atoms with Gasteiger partial charge < -0.3 is 9.46 Å². The van der Waals surface area contributed by atoms with Crippen LogP contribution in [0.5, 0.6) is 0 Å². The smallest absolute Gasteiger partial charge is 0.216 e. The Kier molecular flexibility index (Phi) is 13.0. The van der Waals surface area contributed by atoms with Crippen molar-refractivity contribution in [3.8, 4) is 0 Å². The van der Waals surface area contributed by atoms with E-state index in [0.29, 0.717) is 18.1 Å². The highest BCUT2D eigenvalue weighted by Crippen LogP contribution is 2.27. The summed E-state index contributed by atoms with van der Waals surface area (Å²) < 4.78 is 7.75. The highest BCUT2D eigenvalue weighted by Gasteiger charge is 2.15. The Morgan fingerprint density at radius 2 is 2.04 bits per heavy atom. The third-order valence-corrected chi connectivity index (χ3v) is 4.52. The number of hydrogen-bond donors (Lipinski definition) is 1. The highest BCUT2D eigenvalue weighted by molar-refractivity contribution is 7.98. The van der Waals surface area contributed by atoms with E-state index in [-0.39, 0.29) is 6.10 Å². The molecule has 0 saturated carbocycles. The van der Waals surface area contributed by atoms with Crippen LogP contribution in [0, 0.1) is 0 Å². The van der Waals surface area contributed by atoms with Crippen molar-refractivity contribution < 1.29 is 9.53 Å². The molecule has 1 amide bonds. The molecule has 2 atom stereocenters. The van der Waals surface area contributed by atoms with Gasteiger partial charge in [0.1, 0.15) is 0 Å². The summed E-state index contributed by atoms with van der Waals surface area (Å²) >= 11 is 7.39. The summed E-state index contributed by atoms with van der Waals surface area (Å²) in [6.45, 7) is 11.3. The van der Waals surface area contributed by atoms with Crippen LogP contribution < -0.4 is 4.72 Å². The van der Waals surface area contributed by atoms with Gasteiger partial charge in [0.15, 0.2) is 0 Å². The molecule has 1 N–H and O–H groups in total. The molecule has 132 valence electrons. The molecule has 0 aromatic heterocycles. The van der Waals surface area contributed by atoms with Crippen molar-refractivity contribution in [1.82, 2.24) is 4.72 Å². The number of benzene rings is 1. The van der Waals surface area contributed by atoms with Gasteiger partial charge in [0, 0.05) is 23.8 Å². The molecule has 3 nitrogen and oxygen atoms in total. The zero-order valence-corrected chi connectivity index (χ0v) is 16.1. The first-order chi connectivity index (χ1) is 11.5. The zero-order valence-electron chi connectivity index (χ0n) is 14.5. The number of methoxy groups -OCH3 is 1. The largest absolute Gasteiger partial charge is 0.381 e. The summed E-state index contributed by atoms with van der Waals surface area (Å²) in [4.78, 5) is 9.84. The van der Waals surface area contributed by atoms with Crippen LogP contribution in [0.1, 0.15) is 25.3 Å². The van der Waals surface area contributed by atoms with E-state index in [0.717, 1.165) is 16.2 Å². The maximum absolute atomic E-state index is 9.84. The molecule has 0 bridgehead atoms. The first-order valence-electron chi connectivity index (χ1n) is 7.53. The van der Waals surface area contributed by atoms with E-state index in [1.165, 1.54) is 11.9 Å². The predicted octanol–water partition coefficient (Wildman–Crippen LogP) is 5.16. The van der Waals surface area contributed by atoms with Gasteiger partial charge >= 0.3 is 0 Å². The van der Waals surface area contributed by atoms with Crippen LogP contribution in [-0.2, 0) is 9.53 Å². The van der Waals surface area contributed by atoms with Gasteiger partial charge in [0.05, 0.1) is 6.10 Å². The second-order valence-electron chi connectivity index (χ2n) is 4.96. The zero-order chi connectivity index (χ0) is 18.4. The van der Waals surface area contributed by atoms with Crippen molar-refractivity contribution in [3.05, 3.63) is 71.8 Å². The normalized spacial score (nSPS) is 13.1. The van der Waals surface area contributed by atoms with E-state index in [4.69, 9.17) is 16.3 Å². The van der Waals surface area contributed by atoms with Gasteiger partial charge in [-0.2, -0.15) is 0 Å². The number of nitrogens with one attached hydrogen (secondary N) is 1. The number of carbonyl (C=O) groups is 1. The second-order valence-corrected chi connectivity index (χ2v) is 6.18. The van der Waals surface area contributed by atoms with Crippen molar-refractivity contribution in [2.24, 2.45) is 0 Å². The molecule has 5 heteroatoms. The van der Waals surface area contributed by atoms with Gasteiger partial charge in [-0.05, 0) is 36.1 Å². The highest BCUT2D eigenvalue weighted by atomic mass is 35.5. The minimum Gasteiger partial charge on any atom is -0.381 e. The van der Waals surface area contributed by atoms with E-state index in [2.05, 4.69) is 24.8 Å². The molecular formula is C19H26ClNO2S. The summed E-state index contributed by atoms with van der Waals surface area (Å²) in [7, 11) is 1.72. The molecule has 24 heavy (non-hydrogen) atoms. The molecule has 0 spiro atoms. The molecule has 0 aliphatic rings. The summed E-state index contributed by atoms with van der Waals surface area (Å²) in [5.74, 6) is 1.05. The van der Waals surface area contributed by atoms with E-state index >= 15 is 0 Å². The number of rotatable bonds is 9. The van der Waals surface area contributed by atoms with E-state index < -0.39 is 0 Å². The SMILES string of the molecule is C=C/C=C(\C=C)CSNC=O.COC(C)C(C)c1ccccc1Cl. The fraction of sp³-hybridized carbons (Fsp3) is 0.316. The van der Waals surface area contributed by atoms with Crippen LogP contribution in [0.3, 0.4) is 0 Å². The van der Waals surface area contributed by atoms with Gasteiger partial charge in [-0.3, -0.25) is 4.79 Å². The van der Waals surface area contributed by atoms with E-state index in [9.17, 15) is 4.79 Å². The van der Waals surface area contributed by atoms with Crippen LogP contribution in [0.15, 0.2) is 61.2 Å². The van der Waals surface area contributed by atoms with Gasteiger partial charge in [0.2, 0.25) is 6.41 Å². The summed E-state index contributed by atoms with van der Waals surface area (Å²) in [5.41, 5.74) is 2.19. The molecule has 2 unspecified atom stereocenters. The third-order valence-electron chi connectivity index (χ3n) is 3.44. The monoisotopic (exact) mass is 367 g/mol. The molecule has 0 radical (unpaired) electrons. The van der Waals surface area contributed by atoms with Gasteiger partial charge in [-0.1, -0.05) is 68.1 Å². The van der Waals surface area contributed by atoms with E-state index in [1.54, 1.807) is 19.3 Å². The minimum atomic E-state index is 0.194. The number of allylic oxidation sites excluding steroid dienone is 3. The maximum Gasteiger partial charge on any atom is 0.216 e. The Hall–Kier alpha value is -1.49. The first kappa shape index (κ1) is 22.5. The van der Waals surface area contributed by atoms with Crippen LogP contribution >= 0.6 is 23.5 Å². The van der Waals surface area contributed by atoms with E-state index in [1.807, 2.05) is 37.3 Å². The quantitative estimate of drug-likeness (QED) is 0.283. The summed E-state index contributed by atoms with van der Waals surface area (Å²) in [6.07, 6.45) is 6.13. The average Bonchev–Trinajstić information content (AvgIpc) is 2.60. The van der Waals surface area contributed by atoms with Gasteiger partial charge in [-0.25, -0.2) is 0 Å². The third kappa shape index (κ3) is 8.96. The molecular weight excluding hydrogens is 342 g/mol. The Labute approximate surface area is 154 Å². The van der Waals surface area contributed by atoms with Crippen molar-refractivity contribution in [2.75, 3.05) is 12.9 Å². The Morgan fingerprint density at radius 3 is 2.54 bits per heavy atom. The van der Waals surface area contributed by atoms with Crippen LogP contribution in [0.2, 0.25) is 5.02 Å². The van der Waals surface area contributed by atoms with Crippen molar-refractivity contribution in [3.63, 3.8) is 0 Å². The molecule has 1 aromatic carbocycles. The van der Waals surface area contributed by atoms with Gasteiger partial charge in [-0.15, -0.1) is 0 Å². The van der Waals surface area contributed by atoms with Gasteiger partial charge in [0.25, 0.3) is 0 Å². The Bertz CT molecular complexity index is 546. The molecule has 0 fully saturated rings. The lowest BCUT2D eigenvalue weighted by Gasteiger charge is -2.19. The summed E-state index contributed by atoms with van der Waals surface area (Å²) in [6, 6.07) is 7.90. The van der Waals surface area contributed by atoms with Crippen molar-refractivity contribution in [1.29, 1.82) is 0 Å². The minimum absolute atomic E-state index is 0.194. The number of ether oxygens (including phenoxy) is 1. The molecule has 0 aliphatic heterocycles. The Morgan fingerprint density at radius 1 is 1.38 bits per heavy atom. The fourth-order valence-corrected chi connectivity index (χ4v) is 2.63. The number of halogens is 1. The van der Waals surface area contributed by atoms with Crippen molar-refractivity contribution >= 4 is 30.0 Å². The standard InChI is InChI=1S/C11H15ClO.C8H11NOS/c1-8(9(2)13-3)10-6-4-5-7-11(10)12;1-3-5-8(4-2)6-11-9-7-10/h4-9H,1-3H3;3-5,7H,1-2,6H2,(H,9,10)/b;8-5+. The Balaban J connectivity index is 0.000000449. The summed E-state index contributed by atoms with van der Waals surface area (Å²) in [5, 5.41) is 0.818. The molecule has 1 aromatic rings. The lowest BCUT2D eigenvalue weighted by atomic mass is 9.96.